The molecule has 21 heavy (non-hydrogen) atoms. The highest BCUT2D eigenvalue weighted by molar-refractivity contribution is 6.03. The molecule has 0 fully saturated rings. The quantitative estimate of drug-likeness (QED) is 0.938. The second-order valence-corrected chi connectivity index (χ2v) is 5.00. The van der Waals surface area contributed by atoms with Crippen molar-refractivity contribution in [3.63, 3.8) is 0 Å². The summed E-state index contributed by atoms with van der Waals surface area (Å²) >= 11 is 0. The Bertz CT molecular complexity index is 699. The van der Waals surface area contributed by atoms with Gasteiger partial charge in [0.15, 0.2) is 0 Å². The molecule has 5 nitrogen and oxygen atoms in total. The van der Waals surface area contributed by atoms with Crippen LogP contribution in [0.15, 0.2) is 35.1 Å². The molecule has 0 radical (unpaired) electrons. The summed E-state index contributed by atoms with van der Waals surface area (Å²) in [6, 6.07) is 8.65. The second-order valence-electron chi connectivity index (χ2n) is 5.00. The Balaban J connectivity index is 2.29. The Labute approximate surface area is 123 Å². The van der Waals surface area contributed by atoms with Gasteiger partial charge in [-0.15, -0.1) is 0 Å². The minimum absolute atomic E-state index is 0.194. The van der Waals surface area contributed by atoms with E-state index < -0.39 is 0 Å². The molecular formula is C16H19N3O2. The summed E-state index contributed by atoms with van der Waals surface area (Å²) in [6.45, 7) is 6.34. The van der Waals surface area contributed by atoms with Gasteiger partial charge in [-0.3, -0.25) is 9.59 Å². The molecule has 1 amide bonds. The maximum absolute atomic E-state index is 12.3. The van der Waals surface area contributed by atoms with Gasteiger partial charge in [0.1, 0.15) is 5.69 Å². The first kappa shape index (κ1) is 15.0. The van der Waals surface area contributed by atoms with Crippen LogP contribution in [0.25, 0.3) is 0 Å². The van der Waals surface area contributed by atoms with Crippen LogP contribution >= 0.6 is 0 Å². The number of nitrogens with zero attached hydrogens (tertiary/aromatic N) is 2. The van der Waals surface area contributed by atoms with Crippen molar-refractivity contribution >= 4 is 11.6 Å². The van der Waals surface area contributed by atoms with Gasteiger partial charge in [0, 0.05) is 18.3 Å². The zero-order valence-electron chi connectivity index (χ0n) is 12.5. The third-order valence-electron chi connectivity index (χ3n) is 3.25. The van der Waals surface area contributed by atoms with Crippen molar-refractivity contribution in [2.45, 2.75) is 33.7 Å². The van der Waals surface area contributed by atoms with Crippen LogP contribution in [0.1, 0.15) is 35.0 Å². The fraction of sp³-hybridized carbons (Fsp3) is 0.312. The third kappa shape index (κ3) is 3.37. The minimum atomic E-state index is -0.308. The van der Waals surface area contributed by atoms with Crippen molar-refractivity contribution in [3.05, 3.63) is 57.5 Å². The first-order chi connectivity index (χ1) is 10.0. The van der Waals surface area contributed by atoms with E-state index in [1.807, 2.05) is 39.0 Å². The van der Waals surface area contributed by atoms with Crippen LogP contribution in [-0.2, 0) is 6.54 Å². The number of aryl methyl sites for hydroxylation is 3. The molecule has 1 N–H and O–H groups in total. The van der Waals surface area contributed by atoms with Gasteiger partial charge in [0.2, 0.25) is 0 Å². The predicted octanol–water partition coefficient (Wildman–Crippen LogP) is 2.52. The number of hydrogen-bond donors (Lipinski definition) is 1. The van der Waals surface area contributed by atoms with Crippen LogP contribution in [-0.4, -0.2) is 15.7 Å². The number of benzene rings is 1. The summed E-state index contributed by atoms with van der Waals surface area (Å²) in [5.74, 6) is -0.308. The molecule has 0 bridgehead atoms. The van der Waals surface area contributed by atoms with E-state index in [2.05, 4.69) is 10.4 Å². The molecule has 1 aromatic heterocycles. The van der Waals surface area contributed by atoms with Gasteiger partial charge in [-0.05, 0) is 37.5 Å². The molecule has 0 aliphatic heterocycles. The van der Waals surface area contributed by atoms with E-state index in [0.29, 0.717) is 6.54 Å². The van der Waals surface area contributed by atoms with E-state index in [4.69, 9.17) is 0 Å². The van der Waals surface area contributed by atoms with Crippen LogP contribution in [0.5, 0.6) is 0 Å². The summed E-state index contributed by atoms with van der Waals surface area (Å²) in [5.41, 5.74) is 2.82. The standard InChI is InChI=1S/C16H19N3O2/c1-4-10-19-14(20)9-8-13(18-19)16(21)17-15-11(2)6-5-7-12(15)3/h5-9H,4,10H2,1-3H3,(H,17,21). The highest BCUT2D eigenvalue weighted by Gasteiger charge is 2.12. The molecule has 2 aromatic rings. The summed E-state index contributed by atoms with van der Waals surface area (Å²) in [6.07, 6.45) is 0.787. The van der Waals surface area contributed by atoms with Crippen molar-refractivity contribution in [3.8, 4) is 0 Å². The summed E-state index contributed by atoms with van der Waals surface area (Å²) < 4.78 is 1.32. The summed E-state index contributed by atoms with van der Waals surface area (Å²) in [7, 11) is 0. The number of nitrogens with one attached hydrogen (secondary N) is 1. The molecule has 0 atom stereocenters. The van der Waals surface area contributed by atoms with Crippen molar-refractivity contribution in [2.75, 3.05) is 5.32 Å². The summed E-state index contributed by atoms with van der Waals surface area (Å²) in [4.78, 5) is 23.9. The first-order valence-electron chi connectivity index (χ1n) is 6.98. The van der Waals surface area contributed by atoms with Gasteiger partial charge in [0.05, 0.1) is 0 Å². The zero-order valence-corrected chi connectivity index (χ0v) is 12.5. The van der Waals surface area contributed by atoms with Crippen LogP contribution in [0, 0.1) is 13.8 Å². The van der Waals surface area contributed by atoms with Crippen LogP contribution in [0.4, 0.5) is 5.69 Å². The lowest BCUT2D eigenvalue weighted by Gasteiger charge is -2.11. The lowest BCUT2D eigenvalue weighted by Crippen LogP contribution is -2.26. The SMILES string of the molecule is CCCn1nc(C(=O)Nc2c(C)cccc2C)ccc1=O. The highest BCUT2D eigenvalue weighted by Crippen LogP contribution is 2.19. The highest BCUT2D eigenvalue weighted by atomic mass is 16.2. The molecule has 0 aliphatic rings. The third-order valence-corrected chi connectivity index (χ3v) is 3.25. The van der Waals surface area contributed by atoms with Crippen molar-refractivity contribution in [1.29, 1.82) is 0 Å². The average Bonchev–Trinajstić information content (AvgIpc) is 2.45. The van der Waals surface area contributed by atoms with Gasteiger partial charge < -0.3 is 5.32 Å². The number of rotatable bonds is 4. The lowest BCUT2D eigenvalue weighted by molar-refractivity contribution is 0.101. The maximum atomic E-state index is 12.3. The van der Waals surface area contributed by atoms with Gasteiger partial charge in [-0.1, -0.05) is 25.1 Å². The smallest absolute Gasteiger partial charge is 0.276 e. The van der Waals surface area contributed by atoms with Crippen LogP contribution < -0.4 is 10.9 Å². The van der Waals surface area contributed by atoms with Crippen LogP contribution in [0.2, 0.25) is 0 Å². The Hall–Kier alpha value is -2.43. The van der Waals surface area contributed by atoms with Crippen molar-refractivity contribution in [2.24, 2.45) is 0 Å². The zero-order chi connectivity index (χ0) is 15.4. The van der Waals surface area contributed by atoms with Gasteiger partial charge in [-0.25, -0.2) is 4.68 Å². The Morgan fingerprint density at radius 2 is 1.86 bits per heavy atom. The topological polar surface area (TPSA) is 64.0 Å². The maximum Gasteiger partial charge on any atom is 0.276 e. The Morgan fingerprint density at radius 1 is 1.19 bits per heavy atom. The molecule has 0 saturated carbocycles. The number of carbonyl (C=O) groups excluding carboxylic acids is 1. The van der Waals surface area contributed by atoms with E-state index >= 15 is 0 Å². The van der Waals surface area contributed by atoms with E-state index in [0.717, 1.165) is 23.2 Å². The van der Waals surface area contributed by atoms with Crippen molar-refractivity contribution < 1.29 is 4.79 Å². The second kappa shape index (κ2) is 6.35. The fourth-order valence-corrected chi connectivity index (χ4v) is 2.13. The van der Waals surface area contributed by atoms with E-state index in [1.165, 1.54) is 16.8 Å². The molecule has 5 heteroatoms. The molecule has 1 heterocycles. The molecule has 1 aromatic carbocycles. The number of hydrogen-bond acceptors (Lipinski definition) is 3. The lowest BCUT2D eigenvalue weighted by atomic mass is 10.1. The minimum Gasteiger partial charge on any atom is -0.320 e. The molecule has 0 spiro atoms. The predicted molar refractivity (Wildman–Crippen MR) is 82.7 cm³/mol. The Kier molecular flexibility index (Phi) is 4.52. The van der Waals surface area contributed by atoms with Crippen molar-refractivity contribution in [1.82, 2.24) is 9.78 Å². The Morgan fingerprint density at radius 3 is 2.48 bits per heavy atom. The normalized spacial score (nSPS) is 10.4. The van der Waals surface area contributed by atoms with Crippen LogP contribution in [0.3, 0.4) is 0 Å². The monoisotopic (exact) mass is 285 g/mol. The molecule has 0 unspecified atom stereocenters. The number of para-hydroxylation sites is 1. The summed E-state index contributed by atoms with van der Waals surface area (Å²) in [5, 5.41) is 6.98. The first-order valence-corrected chi connectivity index (χ1v) is 6.98. The number of carbonyl (C=O) groups is 1. The molecular weight excluding hydrogens is 266 g/mol. The largest absolute Gasteiger partial charge is 0.320 e. The van der Waals surface area contributed by atoms with E-state index in [1.54, 1.807) is 0 Å². The van der Waals surface area contributed by atoms with E-state index in [-0.39, 0.29) is 17.2 Å². The number of aromatic nitrogens is 2. The number of anilines is 1. The molecule has 110 valence electrons. The molecule has 0 saturated heterocycles. The molecule has 0 aliphatic carbocycles. The van der Waals surface area contributed by atoms with Gasteiger partial charge in [-0.2, -0.15) is 5.10 Å². The average molecular weight is 285 g/mol. The van der Waals surface area contributed by atoms with E-state index in [9.17, 15) is 9.59 Å². The fourth-order valence-electron chi connectivity index (χ4n) is 2.13. The number of amides is 1. The van der Waals surface area contributed by atoms with Gasteiger partial charge in [0.25, 0.3) is 11.5 Å². The van der Waals surface area contributed by atoms with Gasteiger partial charge >= 0.3 is 0 Å². The molecule has 2 rings (SSSR count).